The number of carbonyl (C=O) groups is 4. The zero-order chi connectivity index (χ0) is 30.7. The summed E-state index contributed by atoms with van der Waals surface area (Å²) in [6.07, 6.45) is -0.0499. The first kappa shape index (κ1) is 29.1. The molecule has 0 fully saturated rings. The number of nitrogens with two attached hydrogens (primary N) is 1. The lowest BCUT2D eigenvalue weighted by atomic mass is 9.60. The van der Waals surface area contributed by atoms with E-state index in [1.165, 1.54) is 5.38 Å². The molecule has 1 aromatic heterocycles. The number of ether oxygens (including phenoxy) is 1. The van der Waals surface area contributed by atoms with Gasteiger partial charge in [-0.3, -0.25) is 14.4 Å². The van der Waals surface area contributed by atoms with Crippen LogP contribution in [-0.2, 0) is 27.3 Å². The number of amides is 1. The third kappa shape index (κ3) is 4.38. The molecule has 42 heavy (non-hydrogen) atoms. The Labute approximate surface area is 243 Å². The van der Waals surface area contributed by atoms with Crippen molar-refractivity contribution < 1.29 is 44.3 Å². The summed E-state index contributed by atoms with van der Waals surface area (Å²) in [6.45, 7) is 1.91. The van der Waals surface area contributed by atoms with Crippen LogP contribution >= 0.6 is 11.3 Å². The van der Waals surface area contributed by atoms with Crippen LogP contribution in [0.5, 0.6) is 5.75 Å². The number of rotatable bonds is 7. The number of thiazole rings is 1. The fourth-order valence-corrected chi connectivity index (χ4v) is 6.76. The summed E-state index contributed by atoms with van der Waals surface area (Å²) in [5.74, 6) is -7.33. The van der Waals surface area contributed by atoms with Crippen LogP contribution in [0.3, 0.4) is 0 Å². The predicted molar refractivity (Wildman–Crippen MR) is 151 cm³/mol. The van der Waals surface area contributed by atoms with E-state index in [4.69, 9.17) is 10.5 Å². The van der Waals surface area contributed by atoms with E-state index in [0.29, 0.717) is 21.9 Å². The lowest BCUT2D eigenvalue weighted by Gasteiger charge is -2.46. The molecule has 1 amide bonds. The third-order valence-corrected chi connectivity index (χ3v) is 8.82. The lowest BCUT2D eigenvalue weighted by molar-refractivity contribution is -0.144. The molecule has 0 aliphatic heterocycles. The van der Waals surface area contributed by atoms with E-state index in [1.54, 1.807) is 32.0 Å². The average Bonchev–Trinajstić information content (AvgIpc) is 3.39. The Kier molecular flexibility index (Phi) is 7.23. The second kappa shape index (κ2) is 10.4. The molecule has 1 aromatic carbocycles. The van der Waals surface area contributed by atoms with Crippen molar-refractivity contribution in [2.75, 3.05) is 30.9 Å². The highest BCUT2D eigenvalue weighted by Gasteiger charge is 2.59. The predicted octanol–water partition coefficient (Wildman–Crippen LogP) is 1.89. The second-order valence-corrected chi connectivity index (χ2v) is 11.5. The molecule has 0 radical (unpaired) electrons. The van der Waals surface area contributed by atoms with Crippen molar-refractivity contribution in [2.45, 2.75) is 38.3 Å². The first-order valence-electron chi connectivity index (χ1n) is 13.2. The van der Waals surface area contributed by atoms with Crippen molar-refractivity contribution in [3.63, 3.8) is 0 Å². The molecule has 0 bridgehead atoms. The SMILES string of the molecule is CCOC(=O)c1csc(NCc2cc(N(C)C)c3c(c2O)C(=O)C2=C(O)[C@]4(O)C(=O)C(C(N)=O)=C(O)C[C@@H]4C[C@@H]2C3)n1. The molecule has 7 N–H and O–H groups in total. The number of anilines is 2. The van der Waals surface area contributed by atoms with Gasteiger partial charge in [0.1, 0.15) is 22.8 Å². The number of hydrogen-bond donors (Lipinski definition) is 6. The molecule has 5 rings (SSSR count). The summed E-state index contributed by atoms with van der Waals surface area (Å²) in [6, 6.07) is 1.72. The van der Waals surface area contributed by atoms with Crippen LogP contribution in [0.15, 0.2) is 34.1 Å². The number of nitrogens with zero attached hydrogens (tertiary/aromatic N) is 2. The number of aromatic nitrogens is 1. The zero-order valence-electron chi connectivity index (χ0n) is 23.1. The number of benzene rings is 1. The van der Waals surface area contributed by atoms with E-state index < -0.39 is 58.0 Å². The highest BCUT2D eigenvalue weighted by atomic mass is 32.1. The number of Topliss-reactive ketones (excluding diaryl/α,β-unsaturated/α-hetero) is 2. The monoisotopic (exact) mass is 598 g/mol. The topological polar surface area (TPSA) is 213 Å². The minimum absolute atomic E-state index is 0.0218. The van der Waals surface area contributed by atoms with Gasteiger partial charge in [-0.15, -0.1) is 11.3 Å². The van der Waals surface area contributed by atoms with Crippen LogP contribution in [0.2, 0.25) is 0 Å². The largest absolute Gasteiger partial charge is 0.511 e. The fraction of sp³-hybridized carbons (Fsp3) is 0.393. The quantitative estimate of drug-likeness (QED) is 0.199. The van der Waals surface area contributed by atoms with E-state index in [2.05, 4.69) is 10.3 Å². The van der Waals surface area contributed by atoms with Crippen LogP contribution in [0.1, 0.15) is 51.7 Å². The number of ketones is 2. The molecule has 3 aliphatic carbocycles. The van der Waals surface area contributed by atoms with Crippen LogP contribution in [-0.4, -0.2) is 75.2 Å². The molecule has 0 saturated heterocycles. The molecule has 1 heterocycles. The van der Waals surface area contributed by atoms with E-state index in [9.17, 15) is 39.6 Å². The second-order valence-electron chi connectivity index (χ2n) is 10.7. The Hall–Kier alpha value is -4.43. The summed E-state index contributed by atoms with van der Waals surface area (Å²) < 4.78 is 4.95. The Balaban J connectivity index is 1.55. The molecule has 14 heteroatoms. The van der Waals surface area contributed by atoms with Gasteiger partial charge >= 0.3 is 5.97 Å². The highest BCUT2D eigenvalue weighted by molar-refractivity contribution is 7.13. The summed E-state index contributed by atoms with van der Waals surface area (Å²) in [5.41, 5.74) is 3.11. The number of phenols is 1. The van der Waals surface area contributed by atoms with Gasteiger partial charge in [-0.05, 0) is 37.3 Å². The Morgan fingerprint density at radius 2 is 1.95 bits per heavy atom. The molecule has 0 saturated carbocycles. The van der Waals surface area contributed by atoms with E-state index >= 15 is 0 Å². The van der Waals surface area contributed by atoms with Crippen LogP contribution in [0.25, 0.3) is 0 Å². The molecule has 0 unspecified atom stereocenters. The first-order valence-corrected chi connectivity index (χ1v) is 14.1. The molecule has 3 aliphatic rings. The van der Waals surface area contributed by atoms with Gasteiger partial charge in [0.2, 0.25) is 5.78 Å². The zero-order valence-corrected chi connectivity index (χ0v) is 23.9. The molecule has 13 nitrogen and oxygen atoms in total. The van der Waals surface area contributed by atoms with Crippen molar-refractivity contribution in [2.24, 2.45) is 17.6 Å². The normalized spacial score (nSPS) is 23.2. The number of aliphatic hydroxyl groups excluding tert-OH is 2. The van der Waals surface area contributed by atoms with Gasteiger partial charge in [0, 0.05) is 55.2 Å². The number of fused-ring (bicyclic) bond motifs is 3. The summed E-state index contributed by atoms with van der Waals surface area (Å²) in [5, 5.41) is 49.3. The Morgan fingerprint density at radius 3 is 2.60 bits per heavy atom. The molecular formula is C28H30N4O9S. The number of nitrogens with one attached hydrogen (secondary N) is 1. The number of carbonyl (C=O) groups excluding carboxylic acids is 4. The standard InChI is InChI=1S/C28H30N4O9S/c1-4-41-26(39)15-10-42-27(31-15)30-9-12-7-16(32(2)3)14-6-11-5-13-8-17(33)20(25(29)38)24(37)28(13,40)23(36)18(11)22(35)19(14)21(12)34/h7,10-11,13,33-34,36,40H,4-6,8-9H2,1-3H3,(H2,29,38)(H,30,31)/t11-,13+,28+/m1/s1. The molecule has 2 aromatic rings. The van der Waals surface area contributed by atoms with Gasteiger partial charge in [-0.25, -0.2) is 9.78 Å². The van der Waals surface area contributed by atoms with E-state index in [-0.39, 0.29) is 55.0 Å². The van der Waals surface area contributed by atoms with Crippen molar-refractivity contribution in [3.8, 4) is 5.75 Å². The van der Waals surface area contributed by atoms with Crippen molar-refractivity contribution >= 4 is 45.6 Å². The van der Waals surface area contributed by atoms with Gasteiger partial charge in [0.05, 0.1) is 12.2 Å². The smallest absolute Gasteiger partial charge is 0.357 e. The average molecular weight is 599 g/mol. The minimum atomic E-state index is -2.63. The maximum absolute atomic E-state index is 14.0. The van der Waals surface area contributed by atoms with Gasteiger partial charge in [0.15, 0.2) is 22.2 Å². The number of aliphatic hydroxyl groups is 3. The van der Waals surface area contributed by atoms with Gasteiger partial charge in [-0.1, -0.05) is 0 Å². The summed E-state index contributed by atoms with van der Waals surface area (Å²) in [4.78, 5) is 56.9. The van der Waals surface area contributed by atoms with Crippen molar-refractivity contribution in [3.05, 3.63) is 56.5 Å². The molecule has 3 atom stereocenters. The van der Waals surface area contributed by atoms with E-state index in [0.717, 1.165) is 11.3 Å². The van der Waals surface area contributed by atoms with Gasteiger partial charge in [-0.2, -0.15) is 0 Å². The lowest BCUT2D eigenvalue weighted by Crippen LogP contribution is -2.57. The Bertz CT molecular complexity index is 1610. The van der Waals surface area contributed by atoms with Gasteiger partial charge < -0.3 is 41.1 Å². The molecule has 0 spiro atoms. The minimum Gasteiger partial charge on any atom is -0.511 e. The van der Waals surface area contributed by atoms with Crippen molar-refractivity contribution in [1.29, 1.82) is 0 Å². The highest BCUT2D eigenvalue weighted by Crippen LogP contribution is 2.52. The van der Waals surface area contributed by atoms with E-state index in [1.807, 2.05) is 0 Å². The number of allylic oxidation sites excluding steroid dienone is 2. The maximum atomic E-state index is 14.0. The van der Waals surface area contributed by atoms with Crippen LogP contribution in [0, 0.1) is 11.8 Å². The summed E-state index contributed by atoms with van der Waals surface area (Å²) in [7, 11) is 3.55. The van der Waals surface area contributed by atoms with Crippen LogP contribution in [0.4, 0.5) is 10.8 Å². The number of aromatic hydroxyl groups is 1. The van der Waals surface area contributed by atoms with Gasteiger partial charge in [0.25, 0.3) is 5.91 Å². The Morgan fingerprint density at radius 1 is 1.24 bits per heavy atom. The number of phenolic OH excluding ortho intramolecular Hbond substituents is 1. The van der Waals surface area contributed by atoms with Crippen LogP contribution < -0.4 is 16.0 Å². The summed E-state index contributed by atoms with van der Waals surface area (Å²) >= 11 is 1.16. The third-order valence-electron chi connectivity index (χ3n) is 8.02. The fourth-order valence-electron chi connectivity index (χ4n) is 6.08. The number of hydrogen-bond acceptors (Lipinski definition) is 13. The maximum Gasteiger partial charge on any atom is 0.357 e. The number of primary amides is 1. The first-order chi connectivity index (χ1) is 19.8. The molecule has 222 valence electrons. The molecular weight excluding hydrogens is 568 g/mol. The van der Waals surface area contributed by atoms with Crippen molar-refractivity contribution in [1.82, 2.24) is 4.98 Å². The number of esters is 1.